The van der Waals surface area contributed by atoms with Gasteiger partial charge in [0.2, 0.25) is 0 Å². The maximum Gasteiger partial charge on any atom is 0.0433 e. The zero-order valence-electron chi connectivity index (χ0n) is 22.3. The molecule has 0 spiro atoms. The van der Waals surface area contributed by atoms with Crippen LogP contribution in [0.2, 0.25) is 0 Å². The highest BCUT2D eigenvalue weighted by Gasteiger charge is 2.21. The van der Waals surface area contributed by atoms with Crippen LogP contribution in [0.1, 0.15) is 0 Å². The van der Waals surface area contributed by atoms with E-state index < -0.39 is 0 Å². The molecule has 190 valence electrons. The second-order valence-corrected chi connectivity index (χ2v) is 12.0. The molecule has 7 aromatic carbocycles. The van der Waals surface area contributed by atoms with Crippen molar-refractivity contribution in [1.29, 1.82) is 0 Å². The lowest BCUT2D eigenvalue weighted by Gasteiger charge is -2.10. The van der Waals surface area contributed by atoms with Gasteiger partial charge in [-0.05, 0) is 84.6 Å². The molecule has 8 aromatic rings. The Bertz CT molecular complexity index is 2280. The number of fused-ring (bicyclic) bond motifs is 6. The second-order valence-electron chi connectivity index (χ2n) is 10.9. The number of benzene rings is 7. The van der Waals surface area contributed by atoms with Crippen LogP contribution in [-0.4, -0.2) is 0 Å². The number of hydrogen-bond donors (Lipinski definition) is 0. The van der Waals surface area contributed by atoms with Gasteiger partial charge in [-0.25, -0.2) is 0 Å². The number of thiophene rings is 1. The second kappa shape index (κ2) is 8.76. The fourth-order valence-corrected chi connectivity index (χ4v) is 7.89. The molecule has 0 nitrogen and oxygen atoms in total. The molecule has 0 unspecified atom stereocenters. The normalized spacial score (nSPS) is 11.9. The van der Waals surface area contributed by atoms with E-state index in [1.807, 2.05) is 11.3 Å². The van der Waals surface area contributed by atoms with Crippen LogP contribution in [0.25, 0.3) is 86.6 Å². The molecule has 0 radical (unpaired) electrons. The molecule has 0 atom stereocenters. The maximum absolute atomic E-state index is 2.37. The van der Waals surface area contributed by atoms with Crippen LogP contribution in [0.4, 0.5) is 0 Å². The summed E-state index contributed by atoms with van der Waals surface area (Å²) in [5.74, 6) is 0. The molecule has 0 N–H and O–H groups in total. The van der Waals surface area contributed by atoms with E-state index in [-0.39, 0.29) is 0 Å². The summed E-state index contributed by atoms with van der Waals surface area (Å²) >= 11 is 1.89. The fraction of sp³-hybridized carbons (Fsp3) is 0. The molecule has 1 heterocycles. The molecule has 0 saturated heterocycles. The van der Waals surface area contributed by atoms with E-state index in [0.717, 1.165) is 0 Å². The van der Waals surface area contributed by atoms with Gasteiger partial charge in [0, 0.05) is 20.2 Å². The quantitative estimate of drug-likeness (QED) is 0.211. The van der Waals surface area contributed by atoms with Crippen molar-refractivity contribution < 1.29 is 0 Å². The molecule has 1 aromatic heterocycles. The van der Waals surface area contributed by atoms with Crippen molar-refractivity contribution in [3.05, 3.63) is 146 Å². The Morgan fingerprint density at radius 2 is 0.902 bits per heavy atom. The van der Waals surface area contributed by atoms with Gasteiger partial charge in [0.1, 0.15) is 0 Å². The monoisotopic (exact) mass is 536 g/mol. The van der Waals surface area contributed by atoms with Crippen molar-refractivity contribution in [2.75, 3.05) is 0 Å². The zero-order chi connectivity index (χ0) is 26.9. The molecule has 0 fully saturated rings. The summed E-state index contributed by atoms with van der Waals surface area (Å²) in [6, 6.07) is 53.6. The number of hydrogen-bond acceptors (Lipinski definition) is 1. The Kier molecular flexibility index (Phi) is 4.87. The highest BCUT2D eigenvalue weighted by Crippen LogP contribution is 2.48. The average Bonchev–Trinajstić information content (AvgIpc) is 3.58. The van der Waals surface area contributed by atoms with Crippen molar-refractivity contribution in [2.24, 2.45) is 0 Å². The Labute approximate surface area is 242 Å². The summed E-state index contributed by atoms with van der Waals surface area (Å²) in [5.41, 5.74) is 12.9. The molecule has 0 saturated carbocycles. The van der Waals surface area contributed by atoms with Gasteiger partial charge in [0.15, 0.2) is 0 Å². The molecule has 0 aliphatic heterocycles. The lowest BCUT2D eigenvalue weighted by Crippen LogP contribution is -1.84. The highest BCUT2D eigenvalue weighted by atomic mass is 32.1. The van der Waals surface area contributed by atoms with E-state index in [1.165, 1.54) is 86.6 Å². The van der Waals surface area contributed by atoms with Gasteiger partial charge in [-0.15, -0.1) is 11.3 Å². The summed E-state index contributed by atoms with van der Waals surface area (Å²) in [6.07, 6.45) is 0. The third kappa shape index (κ3) is 3.46. The lowest BCUT2D eigenvalue weighted by molar-refractivity contribution is 1.59. The lowest BCUT2D eigenvalue weighted by atomic mass is 9.94. The van der Waals surface area contributed by atoms with Gasteiger partial charge in [0.25, 0.3) is 0 Å². The molecule has 1 heteroatoms. The number of rotatable bonds is 3. The van der Waals surface area contributed by atoms with Crippen molar-refractivity contribution in [2.45, 2.75) is 0 Å². The average molecular weight is 537 g/mol. The van der Waals surface area contributed by atoms with Gasteiger partial charge >= 0.3 is 0 Å². The summed E-state index contributed by atoms with van der Waals surface area (Å²) < 4.78 is 2.70. The minimum Gasteiger partial charge on any atom is -0.135 e. The smallest absolute Gasteiger partial charge is 0.0433 e. The van der Waals surface area contributed by atoms with Crippen LogP contribution in [0.3, 0.4) is 0 Å². The molecular weight excluding hydrogens is 513 g/mol. The molecular formula is C40H24S. The van der Waals surface area contributed by atoms with Crippen LogP contribution in [0.15, 0.2) is 146 Å². The standard InChI is InChI=1S/C40H24S/c1-2-9-33-32(8-1)35-12-5-7-29-23-30(24-37(33)39(29)35)27-17-15-25(16-18-27)26-19-21-28(22-20-26)31-11-6-13-36-34-10-3-4-14-38(34)41-40(31)36/h1-24H. The molecule has 1 aliphatic carbocycles. The van der Waals surface area contributed by atoms with Crippen LogP contribution in [0.5, 0.6) is 0 Å². The predicted octanol–water partition coefficient (Wildman–Crippen LogP) is 11.9. The van der Waals surface area contributed by atoms with E-state index in [9.17, 15) is 0 Å². The first-order valence-electron chi connectivity index (χ1n) is 14.1. The minimum absolute atomic E-state index is 1.23. The Balaban J connectivity index is 1.06. The summed E-state index contributed by atoms with van der Waals surface area (Å²) in [6.45, 7) is 0. The van der Waals surface area contributed by atoms with Crippen LogP contribution in [0, 0.1) is 0 Å². The van der Waals surface area contributed by atoms with E-state index >= 15 is 0 Å². The molecule has 0 amide bonds. The van der Waals surface area contributed by atoms with Gasteiger partial charge in [-0.3, -0.25) is 0 Å². The maximum atomic E-state index is 2.37. The van der Waals surface area contributed by atoms with Gasteiger partial charge < -0.3 is 0 Å². The van der Waals surface area contributed by atoms with Crippen molar-refractivity contribution in [3.63, 3.8) is 0 Å². The predicted molar refractivity (Wildman–Crippen MR) is 178 cm³/mol. The van der Waals surface area contributed by atoms with Crippen molar-refractivity contribution in [3.8, 4) is 55.6 Å². The van der Waals surface area contributed by atoms with E-state index in [1.54, 1.807) is 0 Å². The topological polar surface area (TPSA) is 0 Å². The van der Waals surface area contributed by atoms with E-state index in [0.29, 0.717) is 0 Å². The fourth-order valence-electron chi connectivity index (χ4n) is 6.66. The molecule has 41 heavy (non-hydrogen) atoms. The van der Waals surface area contributed by atoms with Crippen molar-refractivity contribution >= 4 is 42.3 Å². The van der Waals surface area contributed by atoms with E-state index in [2.05, 4.69) is 146 Å². The molecule has 9 rings (SSSR count). The zero-order valence-corrected chi connectivity index (χ0v) is 23.1. The van der Waals surface area contributed by atoms with E-state index in [4.69, 9.17) is 0 Å². The Hall–Kier alpha value is -4.98. The Morgan fingerprint density at radius 3 is 1.68 bits per heavy atom. The van der Waals surface area contributed by atoms with Gasteiger partial charge in [0.05, 0.1) is 0 Å². The third-order valence-electron chi connectivity index (χ3n) is 8.64. The summed E-state index contributed by atoms with van der Waals surface area (Å²) in [7, 11) is 0. The third-order valence-corrected chi connectivity index (χ3v) is 9.86. The summed E-state index contributed by atoms with van der Waals surface area (Å²) in [5, 5.41) is 5.37. The Morgan fingerprint density at radius 1 is 0.341 bits per heavy atom. The van der Waals surface area contributed by atoms with Crippen LogP contribution < -0.4 is 0 Å². The van der Waals surface area contributed by atoms with Gasteiger partial charge in [-0.2, -0.15) is 0 Å². The van der Waals surface area contributed by atoms with Crippen molar-refractivity contribution in [1.82, 2.24) is 0 Å². The van der Waals surface area contributed by atoms with Crippen LogP contribution >= 0.6 is 11.3 Å². The summed E-state index contributed by atoms with van der Waals surface area (Å²) in [4.78, 5) is 0. The molecule has 0 bridgehead atoms. The highest BCUT2D eigenvalue weighted by molar-refractivity contribution is 7.26. The first-order valence-corrected chi connectivity index (χ1v) is 14.9. The first-order chi connectivity index (χ1) is 20.3. The van der Waals surface area contributed by atoms with Gasteiger partial charge in [-0.1, -0.05) is 127 Å². The molecule has 1 aliphatic rings. The minimum atomic E-state index is 1.23. The SMILES string of the molecule is c1ccc2c(c1)-c1cccc3cc(-c4ccc(-c5ccc(-c6cccc7c6sc6ccccc67)cc5)cc4)cc-2c13. The largest absolute Gasteiger partial charge is 0.135 e. The van der Waals surface area contributed by atoms with Crippen LogP contribution in [-0.2, 0) is 0 Å². The first kappa shape index (κ1) is 22.8.